The first-order valence-corrected chi connectivity index (χ1v) is 6.35. The molecule has 0 aliphatic carbocycles. The average Bonchev–Trinajstić information content (AvgIpc) is 2.76. The second-order valence-corrected chi connectivity index (χ2v) is 5.13. The molecule has 0 atom stereocenters. The van der Waals surface area contributed by atoms with Crippen LogP contribution in [-0.2, 0) is 0 Å². The van der Waals surface area contributed by atoms with Gasteiger partial charge in [-0.15, -0.1) is 0 Å². The number of rotatable bonds is 2. The van der Waals surface area contributed by atoms with Gasteiger partial charge in [0.1, 0.15) is 6.33 Å². The second-order valence-electron chi connectivity index (χ2n) is 4.08. The van der Waals surface area contributed by atoms with Gasteiger partial charge in [-0.25, -0.2) is 9.78 Å². The topological polar surface area (TPSA) is 83.5 Å². The summed E-state index contributed by atoms with van der Waals surface area (Å²) in [6.45, 7) is 2.01. The molecule has 2 heterocycles. The maximum Gasteiger partial charge on any atom is 0.327 e. The molecule has 2 aromatic heterocycles. The number of aromatic amines is 2. The van der Waals surface area contributed by atoms with Crippen LogP contribution in [0, 0.1) is 6.92 Å². The van der Waals surface area contributed by atoms with E-state index in [0.717, 1.165) is 4.90 Å². The van der Waals surface area contributed by atoms with E-state index in [0.29, 0.717) is 5.65 Å². The highest BCUT2D eigenvalue weighted by atomic mass is 32.2. The van der Waals surface area contributed by atoms with Crippen LogP contribution < -0.4 is 11.2 Å². The Morgan fingerprint density at radius 1 is 1.16 bits per heavy atom. The van der Waals surface area contributed by atoms with Crippen molar-refractivity contribution in [2.45, 2.75) is 11.8 Å². The van der Waals surface area contributed by atoms with Crippen LogP contribution in [0.15, 0.2) is 45.1 Å². The van der Waals surface area contributed by atoms with Gasteiger partial charge in [-0.05, 0) is 31.0 Å². The molecule has 0 saturated heterocycles. The first kappa shape index (κ1) is 11.8. The summed E-state index contributed by atoms with van der Waals surface area (Å²) < 4.78 is 1.66. The number of aryl methyl sites for hydroxylation is 1. The number of hydrogen-bond donors (Lipinski definition) is 2. The lowest BCUT2D eigenvalue weighted by Crippen LogP contribution is -2.22. The van der Waals surface area contributed by atoms with E-state index >= 15 is 0 Å². The molecule has 19 heavy (non-hydrogen) atoms. The summed E-state index contributed by atoms with van der Waals surface area (Å²) in [5.41, 5.74) is 0.772. The van der Waals surface area contributed by atoms with Gasteiger partial charge in [0.05, 0.1) is 0 Å². The monoisotopic (exact) mass is 274 g/mol. The average molecular weight is 274 g/mol. The highest BCUT2D eigenvalue weighted by molar-refractivity contribution is 7.98. The van der Waals surface area contributed by atoms with E-state index in [-0.39, 0.29) is 5.52 Å². The van der Waals surface area contributed by atoms with E-state index in [1.165, 1.54) is 23.8 Å². The molecule has 0 fully saturated rings. The first-order valence-electron chi connectivity index (χ1n) is 5.58. The Bertz CT molecular complexity index is 845. The fourth-order valence-electron chi connectivity index (χ4n) is 1.70. The second kappa shape index (κ2) is 4.43. The number of imidazole rings is 1. The van der Waals surface area contributed by atoms with Crippen molar-refractivity contribution in [3.05, 3.63) is 57.0 Å². The van der Waals surface area contributed by atoms with Crippen LogP contribution in [0.2, 0.25) is 0 Å². The predicted molar refractivity (Wildman–Crippen MR) is 73.4 cm³/mol. The maximum absolute atomic E-state index is 11.5. The third kappa shape index (κ3) is 2.19. The number of fused-ring (bicyclic) bond motifs is 1. The molecule has 0 unspecified atom stereocenters. The number of hydrogen-bond acceptors (Lipinski definition) is 4. The van der Waals surface area contributed by atoms with Crippen LogP contribution in [0.4, 0.5) is 0 Å². The van der Waals surface area contributed by atoms with Gasteiger partial charge in [-0.1, -0.05) is 17.7 Å². The van der Waals surface area contributed by atoms with E-state index in [2.05, 4.69) is 15.0 Å². The minimum Gasteiger partial charge on any atom is -0.291 e. The van der Waals surface area contributed by atoms with Crippen LogP contribution in [-0.4, -0.2) is 18.9 Å². The molecular formula is C12H10N4O2S. The summed E-state index contributed by atoms with van der Waals surface area (Å²) in [6.07, 6.45) is 1.51. The Morgan fingerprint density at radius 2 is 1.89 bits per heavy atom. The zero-order chi connectivity index (χ0) is 13.4. The Hall–Kier alpha value is -2.28. The lowest BCUT2D eigenvalue weighted by Gasteiger charge is -2.02. The van der Waals surface area contributed by atoms with Crippen molar-refractivity contribution in [1.82, 2.24) is 18.9 Å². The Kier molecular flexibility index (Phi) is 2.75. The highest BCUT2D eigenvalue weighted by Crippen LogP contribution is 2.22. The molecule has 0 aliphatic rings. The van der Waals surface area contributed by atoms with Gasteiger partial charge in [0.2, 0.25) is 0 Å². The molecule has 6 nitrogen and oxygen atoms in total. The van der Waals surface area contributed by atoms with Gasteiger partial charge < -0.3 is 0 Å². The quantitative estimate of drug-likeness (QED) is 0.737. The zero-order valence-corrected chi connectivity index (χ0v) is 10.8. The van der Waals surface area contributed by atoms with Crippen molar-refractivity contribution in [2.24, 2.45) is 0 Å². The molecular weight excluding hydrogens is 264 g/mol. The van der Waals surface area contributed by atoms with Gasteiger partial charge in [0.15, 0.2) is 11.2 Å². The number of nitrogens with one attached hydrogen (secondary N) is 2. The Morgan fingerprint density at radius 3 is 2.63 bits per heavy atom. The van der Waals surface area contributed by atoms with Crippen LogP contribution in [0.1, 0.15) is 5.56 Å². The van der Waals surface area contributed by atoms with E-state index in [4.69, 9.17) is 0 Å². The molecule has 7 heteroatoms. The van der Waals surface area contributed by atoms with Crippen LogP contribution >= 0.6 is 11.9 Å². The molecule has 0 radical (unpaired) electrons. The molecule has 0 bridgehead atoms. The Balaban J connectivity index is 2.08. The zero-order valence-electron chi connectivity index (χ0n) is 10.0. The van der Waals surface area contributed by atoms with Gasteiger partial charge in [0.25, 0.3) is 5.56 Å². The van der Waals surface area contributed by atoms with E-state index < -0.39 is 11.2 Å². The van der Waals surface area contributed by atoms with Gasteiger partial charge in [0, 0.05) is 4.90 Å². The summed E-state index contributed by atoms with van der Waals surface area (Å²) >= 11 is 1.38. The molecule has 3 aromatic rings. The SMILES string of the molecule is Cc1ccc(Sn2cnc3c(=O)[nH]c(=O)[nH]c32)cc1. The van der Waals surface area contributed by atoms with Crippen LogP contribution in [0.5, 0.6) is 0 Å². The lowest BCUT2D eigenvalue weighted by atomic mass is 10.2. The molecule has 0 aliphatic heterocycles. The number of aromatic nitrogens is 4. The predicted octanol–water partition coefficient (Wildman–Crippen LogP) is 1.28. The fraction of sp³-hybridized carbons (Fsp3) is 0.0833. The van der Waals surface area contributed by atoms with Crippen molar-refractivity contribution >= 4 is 23.1 Å². The molecule has 2 N–H and O–H groups in total. The minimum atomic E-state index is -0.538. The molecule has 0 saturated carbocycles. The summed E-state index contributed by atoms with van der Waals surface area (Å²) in [4.78, 5) is 32.6. The number of H-pyrrole nitrogens is 2. The van der Waals surface area contributed by atoms with Crippen molar-refractivity contribution < 1.29 is 0 Å². The minimum absolute atomic E-state index is 0.221. The van der Waals surface area contributed by atoms with Crippen LogP contribution in [0.25, 0.3) is 11.2 Å². The Labute approximate surface area is 111 Å². The third-order valence-corrected chi connectivity index (χ3v) is 3.59. The smallest absolute Gasteiger partial charge is 0.291 e. The highest BCUT2D eigenvalue weighted by Gasteiger charge is 2.08. The van der Waals surface area contributed by atoms with Crippen molar-refractivity contribution in [1.29, 1.82) is 0 Å². The van der Waals surface area contributed by atoms with Gasteiger partial charge in [-0.2, -0.15) is 0 Å². The summed E-state index contributed by atoms with van der Waals surface area (Å²) in [6, 6.07) is 7.93. The molecule has 0 amide bonds. The van der Waals surface area contributed by atoms with Crippen LogP contribution in [0.3, 0.4) is 0 Å². The van der Waals surface area contributed by atoms with Crippen molar-refractivity contribution in [3.8, 4) is 0 Å². The van der Waals surface area contributed by atoms with Gasteiger partial charge in [-0.3, -0.25) is 18.7 Å². The maximum atomic E-state index is 11.5. The summed E-state index contributed by atoms with van der Waals surface area (Å²) in [7, 11) is 0. The summed E-state index contributed by atoms with van der Waals surface area (Å²) in [5, 5.41) is 0. The fourth-order valence-corrected chi connectivity index (χ4v) is 2.50. The van der Waals surface area contributed by atoms with E-state index in [1.54, 1.807) is 3.97 Å². The molecule has 1 aromatic carbocycles. The normalized spacial score (nSPS) is 11.0. The van der Waals surface area contributed by atoms with Crippen molar-refractivity contribution in [2.75, 3.05) is 0 Å². The molecule has 0 spiro atoms. The summed E-state index contributed by atoms with van der Waals surface area (Å²) in [5.74, 6) is 0. The third-order valence-electron chi connectivity index (χ3n) is 2.64. The largest absolute Gasteiger partial charge is 0.327 e. The van der Waals surface area contributed by atoms with E-state index in [1.807, 2.05) is 31.2 Å². The van der Waals surface area contributed by atoms with Crippen molar-refractivity contribution in [3.63, 3.8) is 0 Å². The lowest BCUT2D eigenvalue weighted by molar-refractivity contribution is 1.06. The molecule has 3 rings (SSSR count). The standard InChI is InChI=1S/C12H10N4O2S/c1-7-2-4-8(5-3-7)19-16-6-13-9-10(16)14-12(18)15-11(9)17/h2-6H,1H3,(H2,14,15,17,18). The molecule has 96 valence electrons. The van der Waals surface area contributed by atoms with Gasteiger partial charge >= 0.3 is 5.69 Å². The number of nitrogens with zero attached hydrogens (tertiary/aromatic N) is 2. The number of benzene rings is 1. The first-order chi connectivity index (χ1) is 9.13. The van der Waals surface area contributed by atoms with E-state index in [9.17, 15) is 9.59 Å².